The van der Waals surface area contributed by atoms with Gasteiger partial charge in [0.25, 0.3) is 0 Å². The smallest absolute Gasteiger partial charge is 0.193 e. The molecule has 2 aromatic rings. The van der Waals surface area contributed by atoms with Crippen LogP contribution in [0.2, 0.25) is 0 Å². The van der Waals surface area contributed by atoms with Gasteiger partial charge in [0.2, 0.25) is 0 Å². The number of likely N-dealkylation sites (N-methyl/N-ethyl adjacent to an activating group) is 1. The third-order valence-electron chi connectivity index (χ3n) is 4.77. The van der Waals surface area contributed by atoms with Gasteiger partial charge in [0, 0.05) is 46.0 Å². The molecule has 0 aliphatic carbocycles. The van der Waals surface area contributed by atoms with Crippen LogP contribution in [-0.4, -0.2) is 74.6 Å². The summed E-state index contributed by atoms with van der Waals surface area (Å²) in [7, 11) is 6.11. The maximum atomic E-state index is 4.50. The highest BCUT2D eigenvalue weighted by molar-refractivity contribution is 7.07. The number of aromatic nitrogens is 1. The number of nitrogens with zero attached hydrogens (tertiary/aromatic N) is 5. The molecule has 7 heteroatoms. The van der Waals surface area contributed by atoms with Crippen molar-refractivity contribution < 1.29 is 0 Å². The fourth-order valence-corrected chi connectivity index (χ4v) is 3.98. The molecule has 1 N–H and O–H groups in total. The summed E-state index contributed by atoms with van der Waals surface area (Å²) in [5, 5.41) is 7.93. The second-order valence-corrected chi connectivity index (χ2v) is 7.41. The standard InChI is InChI=1S/C19H28N6S/c1-20-19(22-14-17(23(2)3)16-7-13-26-15-16)25-11-9-24(10-12-25)18-6-4-5-8-21-18/h4-8,13,15,17H,9-12,14H2,1-3H3,(H,20,22). The van der Waals surface area contributed by atoms with Crippen molar-refractivity contribution in [1.29, 1.82) is 0 Å². The normalized spacial score (nSPS) is 16.8. The summed E-state index contributed by atoms with van der Waals surface area (Å²) in [6.45, 7) is 4.65. The summed E-state index contributed by atoms with van der Waals surface area (Å²) < 4.78 is 0. The quantitative estimate of drug-likeness (QED) is 0.644. The topological polar surface area (TPSA) is 47.0 Å². The van der Waals surface area contributed by atoms with Crippen LogP contribution in [0.4, 0.5) is 5.82 Å². The average Bonchev–Trinajstić information content (AvgIpc) is 3.20. The zero-order chi connectivity index (χ0) is 18.4. The molecule has 26 heavy (non-hydrogen) atoms. The number of hydrogen-bond donors (Lipinski definition) is 1. The second kappa shape index (κ2) is 9.00. The molecule has 0 spiro atoms. The lowest BCUT2D eigenvalue weighted by molar-refractivity contribution is 0.292. The van der Waals surface area contributed by atoms with Crippen LogP contribution in [0.15, 0.2) is 46.2 Å². The van der Waals surface area contributed by atoms with Gasteiger partial charge < -0.3 is 20.0 Å². The fraction of sp³-hybridized carbons (Fsp3) is 0.474. The lowest BCUT2D eigenvalue weighted by Gasteiger charge is -2.37. The van der Waals surface area contributed by atoms with E-state index in [1.165, 1.54) is 5.56 Å². The van der Waals surface area contributed by atoms with Crippen molar-refractivity contribution in [2.45, 2.75) is 6.04 Å². The Hall–Kier alpha value is -2.12. The molecule has 3 heterocycles. The number of pyridine rings is 1. The summed E-state index contributed by atoms with van der Waals surface area (Å²) in [5.74, 6) is 2.04. The molecule has 1 unspecified atom stereocenters. The van der Waals surface area contributed by atoms with Crippen molar-refractivity contribution in [1.82, 2.24) is 20.1 Å². The van der Waals surface area contributed by atoms with Crippen LogP contribution in [0.5, 0.6) is 0 Å². The van der Waals surface area contributed by atoms with Gasteiger partial charge >= 0.3 is 0 Å². The van der Waals surface area contributed by atoms with Gasteiger partial charge in [-0.25, -0.2) is 4.98 Å². The van der Waals surface area contributed by atoms with E-state index >= 15 is 0 Å². The van der Waals surface area contributed by atoms with Crippen molar-refractivity contribution in [3.63, 3.8) is 0 Å². The number of hydrogen-bond acceptors (Lipinski definition) is 5. The Balaban J connectivity index is 1.55. The van der Waals surface area contributed by atoms with Crippen LogP contribution in [0.1, 0.15) is 11.6 Å². The summed E-state index contributed by atoms with van der Waals surface area (Å²) >= 11 is 1.74. The van der Waals surface area contributed by atoms with E-state index in [1.54, 1.807) is 11.3 Å². The van der Waals surface area contributed by atoms with Crippen LogP contribution in [-0.2, 0) is 0 Å². The van der Waals surface area contributed by atoms with E-state index < -0.39 is 0 Å². The van der Waals surface area contributed by atoms with Crippen molar-refractivity contribution >= 4 is 23.1 Å². The van der Waals surface area contributed by atoms with Crippen LogP contribution < -0.4 is 10.2 Å². The molecule has 0 amide bonds. The molecule has 1 fully saturated rings. The van der Waals surface area contributed by atoms with E-state index in [0.717, 1.165) is 44.5 Å². The molecule has 0 saturated carbocycles. The molecule has 0 aromatic carbocycles. The zero-order valence-electron chi connectivity index (χ0n) is 15.8. The van der Waals surface area contributed by atoms with Gasteiger partial charge in [0.1, 0.15) is 5.82 Å². The van der Waals surface area contributed by atoms with E-state index in [4.69, 9.17) is 0 Å². The Bertz CT molecular complexity index is 677. The lowest BCUT2D eigenvalue weighted by atomic mass is 10.1. The molecule has 1 atom stereocenters. The summed E-state index contributed by atoms with van der Waals surface area (Å²) in [4.78, 5) is 15.9. The molecular formula is C19H28N6S. The lowest BCUT2D eigenvalue weighted by Crippen LogP contribution is -2.53. The summed E-state index contributed by atoms with van der Waals surface area (Å²) in [6.07, 6.45) is 1.86. The van der Waals surface area contributed by atoms with Gasteiger partial charge in [0.05, 0.1) is 6.04 Å². The third kappa shape index (κ3) is 4.53. The van der Waals surface area contributed by atoms with Gasteiger partial charge in [-0.2, -0.15) is 11.3 Å². The number of rotatable bonds is 5. The monoisotopic (exact) mass is 372 g/mol. The SMILES string of the molecule is CN=C(NCC(c1ccsc1)N(C)C)N1CCN(c2ccccn2)CC1. The van der Waals surface area contributed by atoms with Crippen LogP contribution in [0.3, 0.4) is 0 Å². The van der Waals surface area contributed by atoms with Gasteiger partial charge in [-0.1, -0.05) is 6.07 Å². The van der Waals surface area contributed by atoms with E-state index in [-0.39, 0.29) is 0 Å². The van der Waals surface area contributed by atoms with Gasteiger partial charge in [0.15, 0.2) is 5.96 Å². The number of piperazine rings is 1. The van der Waals surface area contributed by atoms with Crippen LogP contribution in [0.25, 0.3) is 0 Å². The van der Waals surface area contributed by atoms with Crippen molar-refractivity contribution in [2.75, 3.05) is 58.8 Å². The Labute approximate surface area is 160 Å². The Morgan fingerprint density at radius 2 is 2.08 bits per heavy atom. The van der Waals surface area contributed by atoms with E-state index in [0.29, 0.717) is 6.04 Å². The van der Waals surface area contributed by atoms with E-state index in [1.807, 2.05) is 25.4 Å². The Morgan fingerprint density at radius 1 is 1.27 bits per heavy atom. The van der Waals surface area contributed by atoms with Crippen molar-refractivity contribution in [3.05, 3.63) is 46.8 Å². The molecule has 140 valence electrons. The van der Waals surface area contributed by atoms with Crippen LogP contribution in [0, 0.1) is 0 Å². The Morgan fingerprint density at radius 3 is 2.65 bits per heavy atom. The predicted molar refractivity (Wildman–Crippen MR) is 110 cm³/mol. The highest BCUT2D eigenvalue weighted by atomic mass is 32.1. The number of guanidine groups is 1. The average molecular weight is 373 g/mol. The largest absolute Gasteiger partial charge is 0.354 e. The molecule has 2 aromatic heterocycles. The molecule has 6 nitrogen and oxygen atoms in total. The molecule has 0 bridgehead atoms. The molecule has 1 aliphatic rings. The molecular weight excluding hydrogens is 344 g/mol. The molecule has 3 rings (SSSR count). The zero-order valence-corrected chi connectivity index (χ0v) is 16.6. The minimum atomic E-state index is 0.341. The van der Waals surface area contributed by atoms with Gasteiger partial charge in [-0.15, -0.1) is 0 Å². The van der Waals surface area contributed by atoms with Crippen molar-refractivity contribution in [3.8, 4) is 0 Å². The summed E-state index contributed by atoms with van der Waals surface area (Å²) in [5.41, 5.74) is 1.35. The summed E-state index contributed by atoms with van der Waals surface area (Å²) in [6, 6.07) is 8.62. The van der Waals surface area contributed by atoms with E-state index in [2.05, 4.69) is 67.0 Å². The first-order valence-electron chi connectivity index (χ1n) is 8.99. The Kier molecular flexibility index (Phi) is 6.46. The number of aliphatic imine (C=N–C) groups is 1. The number of nitrogens with one attached hydrogen (secondary N) is 1. The van der Waals surface area contributed by atoms with Gasteiger partial charge in [-0.05, 0) is 48.6 Å². The van der Waals surface area contributed by atoms with E-state index in [9.17, 15) is 0 Å². The van der Waals surface area contributed by atoms with Crippen LogP contribution >= 0.6 is 11.3 Å². The molecule has 1 aliphatic heterocycles. The minimum Gasteiger partial charge on any atom is -0.354 e. The maximum Gasteiger partial charge on any atom is 0.193 e. The fourth-order valence-electron chi connectivity index (χ4n) is 3.27. The predicted octanol–water partition coefficient (Wildman–Crippen LogP) is 2.14. The minimum absolute atomic E-state index is 0.341. The first-order chi connectivity index (χ1) is 12.7. The van der Waals surface area contributed by atoms with Crippen molar-refractivity contribution in [2.24, 2.45) is 4.99 Å². The number of anilines is 1. The first kappa shape index (κ1) is 18.7. The highest BCUT2D eigenvalue weighted by Crippen LogP contribution is 2.20. The molecule has 1 saturated heterocycles. The molecule has 0 radical (unpaired) electrons. The third-order valence-corrected chi connectivity index (χ3v) is 5.47. The maximum absolute atomic E-state index is 4.50. The van der Waals surface area contributed by atoms with Gasteiger partial charge in [-0.3, -0.25) is 4.99 Å². The first-order valence-corrected chi connectivity index (χ1v) is 9.93. The highest BCUT2D eigenvalue weighted by Gasteiger charge is 2.22. The number of thiophene rings is 1. The second-order valence-electron chi connectivity index (χ2n) is 6.63.